The van der Waals surface area contributed by atoms with E-state index >= 15 is 0 Å². The zero-order valence-electron chi connectivity index (χ0n) is 18.1. The van der Waals surface area contributed by atoms with Crippen LogP contribution in [-0.4, -0.2) is 30.7 Å². The minimum atomic E-state index is -0.411. The van der Waals surface area contributed by atoms with E-state index in [2.05, 4.69) is 16.0 Å². The third-order valence-electron chi connectivity index (χ3n) is 5.24. The quantitative estimate of drug-likeness (QED) is 0.459. The van der Waals surface area contributed by atoms with Crippen LogP contribution in [-0.2, 0) is 17.1 Å². The number of anilines is 2. The van der Waals surface area contributed by atoms with Gasteiger partial charge in [0.05, 0.1) is 18.5 Å². The van der Waals surface area contributed by atoms with Gasteiger partial charge in [-0.1, -0.05) is 24.3 Å². The normalized spacial score (nSPS) is 14.6. The highest BCUT2D eigenvalue weighted by Crippen LogP contribution is 2.29. The van der Waals surface area contributed by atoms with E-state index in [0.29, 0.717) is 29.3 Å². The summed E-state index contributed by atoms with van der Waals surface area (Å²) in [6.07, 6.45) is 0. The first-order valence-corrected chi connectivity index (χ1v) is 11.6. The van der Waals surface area contributed by atoms with Crippen LogP contribution in [0.1, 0.15) is 21.5 Å². The van der Waals surface area contributed by atoms with Crippen LogP contribution >= 0.6 is 11.8 Å². The van der Waals surface area contributed by atoms with E-state index in [9.17, 15) is 14.0 Å². The number of hydrogen-bond acceptors (Lipinski definition) is 5. The Balaban J connectivity index is 1.32. The lowest BCUT2D eigenvalue weighted by atomic mass is 10.1. The summed E-state index contributed by atoms with van der Waals surface area (Å²) in [6.45, 7) is 0.384. The molecule has 2 amide bonds. The third-order valence-corrected chi connectivity index (χ3v) is 6.35. The molecule has 0 bridgehead atoms. The minimum absolute atomic E-state index is 0.162. The van der Waals surface area contributed by atoms with Crippen LogP contribution in [0.5, 0.6) is 5.75 Å². The molecule has 4 rings (SSSR count). The maximum Gasteiger partial charge on any atom is 0.251 e. The molecule has 8 heteroatoms. The number of nitrogens with one attached hydrogen (secondary N) is 3. The molecule has 170 valence electrons. The smallest absolute Gasteiger partial charge is 0.251 e. The summed E-state index contributed by atoms with van der Waals surface area (Å²) in [6, 6.07) is 18.7. The summed E-state index contributed by atoms with van der Waals surface area (Å²) in [7, 11) is 1.61. The molecule has 0 fully saturated rings. The van der Waals surface area contributed by atoms with Gasteiger partial charge in [0.2, 0.25) is 5.91 Å². The van der Waals surface area contributed by atoms with Gasteiger partial charge in [-0.05, 0) is 53.6 Å². The van der Waals surface area contributed by atoms with Crippen LogP contribution in [0, 0.1) is 5.82 Å². The Labute approximate surface area is 195 Å². The van der Waals surface area contributed by atoms with Gasteiger partial charge in [-0.2, -0.15) is 11.8 Å². The van der Waals surface area contributed by atoms with E-state index < -0.39 is 6.04 Å². The van der Waals surface area contributed by atoms with E-state index in [-0.39, 0.29) is 17.6 Å². The summed E-state index contributed by atoms with van der Waals surface area (Å²) < 4.78 is 18.4. The fraction of sp³-hybridized carbons (Fsp3) is 0.200. The topological polar surface area (TPSA) is 79.5 Å². The first kappa shape index (κ1) is 22.7. The number of amides is 2. The van der Waals surface area contributed by atoms with E-state index in [1.807, 2.05) is 30.3 Å². The lowest BCUT2D eigenvalue weighted by Gasteiger charge is -2.27. The van der Waals surface area contributed by atoms with Gasteiger partial charge in [-0.25, -0.2) is 4.39 Å². The summed E-state index contributed by atoms with van der Waals surface area (Å²) in [4.78, 5) is 25.1. The molecule has 0 radical (unpaired) electrons. The van der Waals surface area contributed by atoms with Crippen molar-refractivity contribution in [2.45, 2.75) is 18.3 Å². The van der Waals surface area contributed by atoms with Crippen LogP contribution in [0.25, 0.3) is 0 Å². The molecular weight excluding hydrogens is 441 g/mol. The molecule has 33 heavy (non-hydrogen) atoms. The monoisotopic (exact) mass is 465 g/mol. The molecule has 1 heterocycles. The number of thioether (sulfide) groups is 1. The van der Waals surface area contributed by atoms with Crippen molar-refractivity contribution in [3.8, 4) is 5.75 Å². The molecule has 1 aliphatic rings. The van der Waals surface area contributed by atoms with Crippen molar-refractivity contribution < 1.29 is 18.7 Å². The SMILES string of the molecule is COc1ccc(CNC(=O)c2ccc3c(c2)NC(=O)C(CSCc2cccc(F)c2)N3)cc1. The Morgan fingerprint density at radius 1 is 1.06 bits per heavy atom. The van der Waals surface area contributed by atoms with Crippen molar-refractivity contribution >= 4 is 35.0 Å². The summed E-state index contributed by atoms with van der Waals surface area (Å²) in [5, 5.41) is 8.99. The van der Waals surface area contributed by atoms with Crippen LogP contribution < -0.4 is 20.7 Å². The predicted molar refractivity (Wildman–Crippen MR) is 129 cm³/mol. The predicted octanol–water partition coefficient (Wildman–Crippen LogP) is 4.43. The van der Waals surface area contributed by atoms with Crippen molar-refractivity contribution in [2.75, 3.05) is 23.5 Å². The minimum Gasteiger partial charge on any atom is -0.497 e. The summed E-state index contributed by atoms with van der Waals surface area (Å²) in [5.41, 5.74) is 3.63. The van der Waals surface area contributed by atoms with E-state index in [0.717, 1.165) is 22.6 Å². The van der Waals surface area contributed by atoms with Gasteiger partial charge in [-0.15, -0.1) is 0 Å². The summed E-state index contributed by atoms with van der Waals surface area (Å²) >= 11 is 1.55. The van der Waals surface area contributed by atoms with Gasteiger partial charge in [-0.3, -0.25) is 9.59 Å². The zero-order chi connectivity index (χ0) is 23.2. The van der Waals surface area contributed by atoms with Crippen LogP contribution in [0.2, 0.25) is 0 Å². The molecule has 3 N–H and O–H groups in total. The van der Waals surface area contributed by atoms with Crippen LogP contribution in [0.3, 0.4) is 0 Å². The molecule has 0 saturated carbocycles. The largest absolute Gasteiger partial charge is 0.497 e. The molecule has 6 nitrogen and oxygen atoms in total. The fourth-order valence-corrected chi connectivity index (χ4v) is 4.46. The second-order valence-corrected chi connectivity index (χ2v) is 8.65. The molecule has 1 unspecified atom stereocenters. The van der Waals surface area contributed by atoms with Gasteiger partial charge in [0.1, 0.15) is 17.6 Å². The van der Waals surface area contributed by atoms with Gasteiger partial charge in [0.15, 0.2) is 0 Å². The summed E-state index contributed by atoms with van der Waals surface area (Å²) in [5.74, 6) is 1.25. The van der Waals surface area contributed by atoms with Gasteiger partial charge < -0.3 is 20.7 Å². The first-order chi connectivity index (χ1) is 16.0. The van der Waals surface area contributed by atoms with Gasteiger partial charge in [0.25, 0.3) is 5.91 Å². The lowest BCUT2D eigenvalue weighted by molar-refractivity contribution is -0.116. The second kappa shape index (κ2) is 10.4. The van der Waals surface area contributed by atoms with Crippen molar-refractivity contribution in [1.82, 2.24) is 5.32 Å². The Morgan fingerprint density at radius 3 is 2.64 bits per heavy atom. The van der Waals surface area contributed by atoms with E-state index in [1.165, 1.54) is 12.1 Å². The maximum absolute atomic E-state index is 13.3. The number of carbonyl (C=O) groups is 2. The molecule has 0 spiro atoms. The molecule has 1 aliphatic heterocycles. The Bertz CT molecular complexity index is 1150. The lowest BCUT2D eigenvalue weighted by Crippen LogP contribution is -2.40. The average Bonchev–Trinajstić information content (AvgIpc) is 2.83. The Hall–Kier alpha value is -3.52. The van der Waals surface area contributed by atoms with Crippen molar-refractivity contribution in [1.29, 1.82) is 0 Å². The zero-order valence-corrected chi connectivity index (χ0v) is 18.9. The molecular formula is C25H24FN3O3S. The fourth-order valence-electron chi connectivity index (χ4n) is 3.45. The average molecular weight is 466 g/mol. The van der Waals surface area contributed by atoms with Crippen molar-refractivity contribution in [3.63, 3.8) is 0 Å². The van der Waals surface area contributed by atoms with Gasteiger partial charge in [0, 0.05) is 23.6 Å². The highest BCUT2D eigenvalue weighted by molar-refractivity contribution is 7.98. The number of rotatable bonds is 8. The number of ether oxygens (including phenoxy) is 1. The van der Waals surface area contributed by atoms with E-state index in [4.69, 9.17) is 4.74 Å². The highest BCUT2D eigenvalue weighted by Gasteiger charge is 2.26. The number of methoxy groups -OCH3 is 1. The molecule has 0 aliphatic carbocycles. The Kier molecular flexibility index (Phi) is 7.14. The molecule has 1 atom stereocenters. The second-order valence-electron chi connectivity index (χ2n) is 7.62. The molecule has 0 aromatic heterocycles. The molecule has 0 saturated heterocycles. The standard InChI is InChI=1S/C25H24FN3O3S/c1-32-20-8-5-16(6-9-20)13-27-24(30)18-7-10-21-22(12-18)29-25(31)23(28-21)15-33-14-17-3-2-4-19(26)11-17/h2-12,23,28H,13-15H2,1H3,(H,27,30)(H,29,31). The van der Waals surface area contributed by atoms with Crippen LogP contribution in [0.4, 0.5) is 15.8 Å². The molecule has 3 aromatic carbocycles. The number of hydrogen-bond donors (Lipinski definition) is 3. The van der Waals surface area contributed by atoms with Crippen LogP contribution in [0.15, 0.2) is 66.7 Å². The van der Waals surface area contributed by atoms with Gasteiger partial charge >= 0.3 is 0 Å². The number of fused-ring (bicyclic) bond motifs is 1. The first-order valence-electron chi connectivity index (χ1n) is 10.5. The van der Waals surface area contributed by atoms with E-state index in [1.54, 1.807) is 43.1 Å². The Morgan fingerprint density at radius 2 is 1.88 bits per heavy atom. The third kappa shape index (κ3) is 5.84. The molecule has 3 aromatic rings. The number of carbonyl (C=O) groups excluding carboxylic acids is 2. The number of benzene rings is 3. The van der Waals surface area contributed by atoms with Crippen molar-refractivity contribution in [3.05, 3.63) is 89.2 Å². The highest BCUT2D eigenvalue weighted by atomic mass is 32.2. The maximum atomic E-state index is 13.3. The van der Waals surface area contributed by atoms with Crippen molar-refractivity contribution in [2.24, 2.45) is 0 Å². The number of halogens is 1.